The molecule has 1 aromatic carbocycles. The number of hydrogen-bond donors (Lipinski definition) is 0. The maximum atomic E-state index is 4.29. The Bertz CT molecular complexity index is 402. The van der Waals surface area contributed by atoms with Crippen molar-refractivity contribution in [2.75, 3.05) is 0 Å². The van der Waals surface area contributed by atoms with Gasteiger partial charge in [-0.3, -0.25) is 4.98 Å². The molecule has 15 heavy (non-hydrogen) atoms. The van der Waals surface area contributed by atoms with Crippen LogP contribution in [0.5, 0.6) is 0 Å². The van der Waals surface area contributed by atoms with E-state index in [-0.39, 0.29) is 0 Å². The molecule has 1 aromatic heterocycles. The highest BCUT2D eigenvalue weighted by Gasteiger charge is 1.96. The van der Waals surface area contributed by atoms with Crippen molar-refractivity contribution in [2.45, 2.75) is 33.6 Å². The van der Waals surface area contributed by atoms with Gasteiger partial charge in [-0.05, 0) is 24.1 Å². The number of aryl methyl sites for hydroxylation is 1. The summed E-state index contributed by atoms with van der Waals surface area (Å²) in [7, 11) is 0. The van der Waals surface area contributed by atoms with Gasteiger partial charge in [-0.2, -0.15) is 0 Å². The van der Waals surface area contributed by atoms with E-state index in [1.54, 1.807) is 0 Å². The second-order valence-corrected chi connectivity index (χ2v) is 3.55. The molecule has 0 aliphatic carbocycles. The summed E-state index contributed by atoms with van der Waals surface area (Å²) in [5, 5.41) is 1.28. The highest BCUT2D eigenvalue weighted by molar-refractivity contribution is 5.81. The zero-order chi connectivity index (χ0) is 11.1. The highest BCUT2D eigenvalue weighted by atomic mass is 14.6. The van der Waals surface area contributed by atoms with Crippen LogP contribution < -0.4 is 0 Å². The van der Waals surface area contributed by atoms with Gasteiger partial charge in [0.25, 0.3) is 0 Å². The molecule has 0 radical (unpaired) electrons. The van der Waals surface area contributed by atoms with E-state index in [0.29, 0.717) is 0 Å². The van der Waals surface area contributed by atoms with Gasteiger partial charge in [0.05, 0.1) is 5.52 Å². The minimum absolute atomic E-state index is 1.07. The average Bonchev–Trinajstić information content (AvgIpc) is 2.29. The molecule has 1 heteroatoms. The van der Waals surface area contributed by atoms with Crippen LogP contribution in [0.3, 0.4) is 0 Å². The number of aromatic nitrogens is 1. The van der Waals surface area contributed by atoms with E-state index in [1.165, 1.54) is 17.4 Å². The predicted molar refractivity (Wildman–Crippen MR) is 67.1 cm³/mol. The first-order valence-electron chi connectivity index (χ1n) is 5.66. The number of rotatable bonds is 1. The lowest BCUT2D eigenvalue weighted by molar-refractivity contribution is 1.09. The monoisotopic (exact) mass is 201 g/mol. The Labute approximate surface area is 92.2 Å². The van der Waals surface area contributed by atoms with Crippen LogP contribution in [0.4, 0.5) is 0 Å². The van der Waals surface area contributed by atoms with Crippen molar-refractivity contribution in [1.29, 1.82) is 0 Å². The third kappa shape index (κ3) is 3.05. The van der Waals surface area contributed by atoms with Crippen molar-refractivity contribution in [3.63, 3.8) is 0 Å². The quantitative estimate of drug-likeness (QED) is 0.673. The molecule has 0 spiro atoms. The minimum atomic E-state index is 1.07. The Morgan fingerprint density at radius 2 is 1.67 bits per heavy atom. The summed E-state index contributed by atoms with van der Waals surface area (Å²) in [5.74, 6) is 0. The fraction of sp³-hybridized carbons (Fsp3) is 0.357. The lowest BCUT2D eigenvalue weighted by Gasteiger charge is -2.01. The van der Waals surface area contributed by atoms with E-state index in [0.717, 1.165) is 11.9 Å². The molecule has 0 unspecified atom stereocenters. The molecule has 1 nitrogen and oxygen atoms in total. The van der Waals surface area contributed by atoms with Gasteiger partial charge in [-0.25, -0.2) is 0 Å². The van der Waals surface area contributed by atoms with Crippen LogP contribution in [0.1, 0.15) is 32.8 Å². The fourth-order valence-corrected chi connectivity index (χ4v) is 1.46. The highest BCUT2D eigenvalue weighted by Crippen LogP contribution is 2.15. The van der Waals surface area contributed by atoms with Crippen LogP contribution in [0.2, 0.25) is 0 Å². The molecule has 1 heterocycles. The fourth-order valence-electron chi connectivity index (χ4n) is 1.46. The summed E-state index contributed by atoms with van der Waals surface area (Å²) in [4.78, 5) is 4.29. The Hall–Kier alpha value is -1.37. The summed E-state index contributed by atoms with van der Waals surface area (Å²) >= 11 is 0. The van der Waals surface area contributed by atoms with E-state index >= 15 is 0 Å². The Balaban J connectivity index is 0.000000337. The van der Waals surface area contributed by atoms with E-state index in [1.807, 2.05) is 12.3 Å². The number of hydrogen-bond acceptors (Lipinski definition) is 1. The number of benzene rings is 1. The van der Waals surface area contributed by atoms with Gasteiger partial charge in [0.2, 0.25) is 0 Å². The van der Waals surface area contributed by atoms with Gasteiger partial charge in [-0.15, -0.1) is 0 Å². The van der Waals surface area contributed by atoms with Crippen LogP contribution in [0, 0.1) is 0 Å². The largest absolute Gasteiger partial charge is 0.256 e. The molecule has 0 aliphatic heterocycles. The van der Waals surface area contributed by atoms with Crippen LogP contribution in [-0.2, 0) is 6.42 Å². The van der Waals surface area contributed by atoms with Crippen LogP contribution in [-0.4, -0.2) is 4.98 Å². The van der Waals surface area contributed by atoms with Gasteiger partial charge in [0.1, 0.15) is 0 Å². The molecule has 0 saturated heterocycles. The molecule has 0 aliphatic rings. The lowest BCUT2D eigenvalue weighted by Crippen LogP contribution is -1.84. The van der Waals surface area contributed by atoms with Gasteiger partial charge in [-0.1, -0.05) is 45.4 Å². The molecule has 80 valence electrons. The van der Waals surface area contributed by atoms with Crippen molar-refractivity contribution in [2.24, 2.45) is 0 Å². The first kappa shape index (κ1) is 11.7. The van der Waals surface area contributed by atoms with Crippen LogP contribution >= 0.6 is 0 Å². The molecular formula is C14H19N. The number of nitrogens with zero attached hydrogens (tertiary/aromatic N) is 1. The SMILES string of the molecule is CCC.CCc1ccnc2ccccc12. The van der Waals surface area contributed by atoms with E-state index < -0.39 is 0 Å². The zero-order valence-electron chi connectivity index (χ0n) is 9.83. The second kappa shape index (κ2) is 6.18. The normalized spacial score (nSPS) is 9.53. The molecular weight excluding hydrogens is 182 g/mol. The Kier molecular flexibility index (Phi) is 4.82. The minimum Gasteiger partial charge on any atom is -0.256 e. The molecule has 0 saturated carbocycles. The van der Waals surface area contributed by atoms with Crippen molar-refractivity contribution in [1.82, 2.24) is 4.98 Å². The van der Waals surface area contributed by atoms with Gasteiger partial charge < -0.3 is 0 Å². The number of para-hydroxylation sites is 1. The maximum absolute atomic E-state index is 4.29. The van der Waals surface area contributed by atoms with E-state index in [4.69, 9.17) is 0 Å². The Morgan fingerprint density at radius 1 is 1.00 bits per heavy atom. The standard InChI is InChI=1S/C11H11N.C3H8/c1-2-9-7-8-12-11-6-4-3-5-10(9)11;1-3-2/h3-8H,2H2,1H3;3H2,1-2H3. The number of pyridine rings is 1. The topological polar surface area (TPSA) is 12.9 Å². The number of fused-ring (bicyclic) bond motifs is 1. The van der Waals surface area contributed by atoms with Gasteiger partial charge >= 0.3 is 0 Å². The third-order valence-electron chi connectivity index (χ3n) is 2.12. The molecule has 0 bridgehead atoms. The molecule has 0 atom stereocenters. The van der Waals surface area contributed by atoms with Crippen LogP contribution in [0.15, 0.2) is 36.5 Å². The lowest BCUT2D eigenvalue weighted by atomic mass is 10.1. The molecule has 0 fully saturated rings. The average molecular weight is 201 g/mol. The second-order valence-electron chi connectivity index (χ2n) is 3.55. The summed E-state index contributed by atoms with van der Waals surface area (Å²) in [6.07, 6.45) is 4.20. The maximum Gasteiger partial charge on any atom is 0.0704 e. The molecule has 0 amide bonds. The first-order valence-corrected chi connectivity index (χ1v) is 5.66. The van der Waals surface area contributed by atoms with Gasteiger partial charge in [0, 0.05) is 11.6 Å². The smallest absolute Gasteiger partial charge is 0.0704 e. The summed E-state index contributed by atoms with van der Waals surface area (Å²) in [6.45, 7) is 6.42. The summed E-state index contributed by atoms with van der Waals surface area (Å²) in [5.41, 5.74) is 2.47. The predicted octanol–water partition coefficient (Wildman–Crippen LogP) is 4.21. The van der Waals surface area contributed by atoms with Gasteiger partial charge in [0.15, 0.2) is 0 Å². The van der Waals surface area contributed by atoms with Crippen molar-refractivity contribution >= 4 is 10.9 Å². The third-order valence-corrected chi connectivity index (χ3v) is 2.12. The Morgan fingerprint density at radius 3 is 2.33 bits per heavy atom. The van der Waals surface area contributed by atoms with Crippen molar-refractivity contribution < 1.29 is 0 Å². The molecule has 2 rings (SSSR count). The molecule has 0 N–H and O–H groups in total. The first-order chi connectivity index (χ1) is 7.33. The van der Waals surface area contributed by atoms with Crippen molar-refractivity contribution in [3.05, 3.63) is 42.1 Å². The van der Waals surface area contributed by atoms with E-state index in [9.17, 15) is 0 Å². The zero-order valence-corrected chi connectivity index (χ0v) is 9.83. The van der Waals surface area contributed by atoms with E-state index in [2.05, 4.69) is 50.0 Å². The molecule has 2 aromatic rings. The summed E-state index contributed by atoms with van der Waals surface area (Å²) < 4.78 is 0. The summed E-state index contributed by atoms with van der Waals surface area (Å²) in [6, 6.07) is 10.3. The van der Waals surface area contributed by atoms with Crippen LogP contribution in [0.25, 0.3) is 10.9 Å². The van der Waals surface area contributed by atoms with Crippen molar-refractivity contribution in [3.8, 4) is 0 Å².